The van der Waals surface area contributed by atoms with Gasteiger partial charge in [0, 0.05) is 12.8 Å². The molecule has 6 heteroatoms. The average Bonchev–Trinajstić information content (AvgIpc) is 3.38. The molecule has 0 N–H and O–H groups in total. The SMILES string of the molecule is CC/C=C\C/C=C\C/C=C\C/C=C\C/C=C\C/C=C\C/C=C\CCCCCC(=O)OCC(COC(=O)CCCCCCC/C=C\CCCCCCC)OC(=O)C/C=C\C/C=C\C/C=C\C/C=C\C/C=C\CC. The van der Waals surface area contributed by atoms with Crippen molar-refractivity contribution in [2.24, 2.45) is 0 Å². The molecule has 0 rings (SSSR count). The second kappa shape index (κ2) is 58.6. The Morgan fingerprint density at radius 2 is 0.583 bits per heavy atom. The maximum atomic E-state index is 12.8. The molecule has 0 fully saturated rings. The minimum Gasteiger partial charge on any atom is -0.462 e. The van der Waals surface area contributed by atoms with Gasteiger partial charge < -0.3 is 14.2 Å². The highest BCUT2D eigenvalue weighted by atomic mass is 16.6. The average molecular weight is 992 g/mol. The Hall–Kier alpha value is -4.97. The summed E-state index contributed by atoms with van der Waals surface area (Å²) in [7, 11) is 0. The Morgan fingerprint density at radius 1 is 0.306 bits per heavy atom. The van der Waals surface area contributed by atoms with Crippen molar-refractivity contribution in [1.29, 1.82) is 0 Å². The highest BCUT2D eigenvalue weighted by molar-refractivity contribution is 5.72. The third-order valence-corrected chi connectivity index (χ3v) is 11.3. The molecule has 0 saturated carbocycles. The van der Waals surface area contributed by atoms with E-state index in [1.165, 1.54) is 44.9 Å². The summed E-state index contributed by atoms with van der Waals surface area (Å²) in [5.41, 5.74) is 0. The largest absolute Gasteiger partial charge is 0.462 e. The number of allylic oxidation sites excluding steroid dienone is 25. The van der Waals surface area contributed by atoms with Crippen LogP contribution < -0.4 is 0 Å². The van der Waals surface area contributed by atoms with Gasteiger partial charge in [-0.3, -0.25) is 14.4 Å². The first-order valence-corrected chi connectivity index (χ1v) is 28.5. The zero-order chi connectivity index (χ0) is 52.2. The van der Waals surface area contributed by atoms with Crippen LogP contribution in [-0.2, 0) is 28.6 Å². The van der Waals surface area contributed by atoms with E-state index in [2.05, 4.69) is 167 Å². The first-order chi connectivity index (χ1) is 35.5. The Balaban J connectivity index is 4.55. The molecule has 1 atom stereocenters. The fourth-order valence-corrected chi connectivity index (χ4v) is 7.08. The molecular formula is C66H102O6. The maximum Gasteiger partial charge on any atom is 0.310 e. The molecule has 0 radical (unpaired) electrons. The van der Waals surface area contributed by atoms with Crippen molar-refractivity contribution in [2.75, 3.05) is 13.2 Å². The molecule has 0 spiro atoms. The van der Waals surface area contributed by atoms with Crippen LogP contribution in [0.4, 0.5) is 0 Å². The minimum atomic E-state index is -0.858. The van der Waals surface area contributed by atoms with Crippen molar-refractivity contribution in [2.45, 2.75) is 226 Å². The predicted octanol–water partition coefficient (Wildman–Crippen LogP) is 19.4. The van der Waals surface area contributed by atoms with Crippen LogP contribution in [0.25, 0.3) is 0 Å². The molecule has 402 valence electrons. The Morgan fingerprint density at radius 3 is 0.944 bits per heavy atom. The first-order valence-electron chi connectivity index (χ1n) is 28.5. The van der Waals surface area contributed by atoms with E-state index >= 15 is 0 Å². The van der Waals surface area contributed by atoms with E-state index in [4.69, 9.17) is 14.2 Å². The molecule has 0 aromatic carbocycles. The van der Waals surface area contributed by atoms with E-state index in [9.17, 15) is 14.4 Å². The number of hydrogen-bond acceptors (Lipinski definition) is 6. The van der Waals surface area contributed by atoms with E-state index in [1.54, 1.807) is 6.08 Å². The van der Waals surface area contributed by atoms with Gasteiger partial charge in [0.05, 0.1) is 6.42 Å². The van der Waals surface area contributed by atoms with Gasteiger partial charge >= 0.3 is 17.9 Å². The molecular weight excluding hydrogens is 889 g/mol. The molecule has 1 unspecified atom stereocenters. The van der Waals surface area contributed by atoms with Crippen molar-refractivity contribution in [3.05, 3.63) is 158 Å². The van der Waals surface area contributed by atoms with Gasteiger partial charge in [-0.15, -0.1) is 0 Å². The number of unbranched alkanes of at least 4 members (excludes halogenated alkanes) is 13. The third kappa shape index (κ3) is 56.0. The van der Waals surface area contributed by atoms with Crippen molar-refractivity contribution in [3.63, 3.8) is 0 Å². The highest BCUT2D eigenvalue weighted by Crippen LogP contribution is 2.12. The van der Waals surface area contributed by atoms with Gasteiger partial charge in [0.2, 0.25) is 0 Å². The number of rotatable bonds is 49. The lowest BCUT2D eigenvalue weighted by Gasteiger charge is -2.18. The lowest BCUT2D eigenvalue weighted by molar-refractivity contribution is -0.166. The Kier molecular flexibility index (Phi) is 54.6. The number of ether oxygens (including phenoxy) is 3. The Bertz CT molecular complexity index is 1660. The summed E-state index contributed by atoms with van der Waals surface area (Å²) < 4.78 is 16.7. The molecule has 0 heterocycles. The second-order valence-corrected chi connectivity index (χ2v) is 18.1. The van der Waals surface area contributed by atoms with Crippen LogP contribution in [0.5, 0.6) is 0 Å². The fraction of sp³-hybridized carbons (Fsp3) is 0.561. The van der Waals surface area contributed by atoms with Crippen molar-refractivity contribution in [3.8, 4) is 0 Å². The van der Waals surface area contributed by atoms with Crippen LogP contribution in [0.3, 0.4) is 0 Å². The van der Waals surface area contributed by atoms with Gasteiger partial charge in [0.1, 0.15) is 13.2 Å². The lowest BCUT2D eigenvalue weighted by atomic mass is 10.1. The van der Waals surface area contributed by atoms with E-state index in [0.717, 1.165) is 128 Å². The van der Waals surface area contributed by atoms with Crippen LogP contribution >= 0.6 is 0 Å². The smallest absolute Gasteiger partial charge is 0.310 e. The molecule has 0 aliphatic heterocycles. The summed E-state index contributed by atoms with van der Waals surface area (Å²) in [4.78, 5) is 38.1. The molecule has 0 saturated heterocycles. The predicted molar refractivity (Wildman–Crippen MR) is 311 cm³/mol. The normalized spacial score (nSPS) is 13.3. The van der Waals surface area contributed by atoms with Crippen molar-refractivity contribution in [1.82, 2.24) is 0 Å². The minimum absolute atomic E-state index is 0.0800. The monoisotopic (exact) mass is 991 g/mol. The summed E-state index contributed by atoms with van der Waals surface area (Å²) in [6.07, 6.45) is 85.4. The van der Waals surface area contributed by atoms with Gasteiger partial charge in [0.25, 0.3) is 0 Å². The van der Waals surface area contributed by atoms with E-state index < -0.39 is 12.1 Å². The van der Waals surface area contributed by atoms with Gasteiger partial charge in [-0.1, -0.05) is 230 Å². The zero-order valence-corrected chi connectivity index (χ0v) is 45.9. The summed E-state index contributed by atoms with van der Waals surface area (Å²) >= 11 is 0. The fourth-order valence-electron chi connectivity index (χ4n) is 7.08. The third-order valence-electron chi connectivity index (χ3n) is 11.3. The summed E-state index contributed by atoms with van der Waals surface area (Å²) in [5, 5.41) is 0. The first kappa shape index (κ1) is 67.0. The van der Waals surface area contributed by atoms with Gasteiger partial charge in [0.15, 0.2) is 6.10 Å². The van der Waals surface area contributed by atoms with E-state index in [0.29, 0.717) is 12.8 Å². The zero-order valence-electron chi connectivity index (χ0n) is 45.9. The molecule has 0 aliphatic carbocycles. The molecule has 0 aliphatic rings. The summed E-state index contributed by atoms with van der Waals surface area (Å²) in [6, 6.07) is 0. The molecule has 6 nitrogen and oxygen atoms in total. The van der Waals surface area contributed by atoms with Crippen LogP contribution in [0.1, 0.15) is 220 Å². The van der Waals surface area contributed by atoms with E-state index in [-0.39, 0.29) is 38.0 Å². The van der Waals surface area contributed by atoms with Crippen molar-refractivity contribution < 1.29 is 28.6 Å². The van der Waals surface area contributed by atoms with Crippen LogP contribution in [0, 0.1) is 0 Å². The molecule has 72 heavy (non-hydrogen) atoms. The molecule has 0 aromatic heterocycles. The molecule has 0 aromatic rings. The lowest BCUT2D eigenvalue weighted by Crippen LogP contribution is -2.30. The molecule has 0 bridgehead atoms. The number of carbonyl (C=O) groups excluding carboxylic acids is 3. The van der Waals surface area contributed by atoms with Crippen molar-refractivity contribution >= 4 is 17.9 Å². The summed E-state index contributed by atoms with van der Waals surface area (Å²) in [6.45, 7) is 6.26. The van der Waals surface area contributed by atoms with Crippen LogP contribution in [0.15, 0.2) is 158 Å². The number of carbonyl (C=O) groups is 3. The molecule has 0 amide bonds. The van der Waals surface area contributed by atoms with Crippen LogP contribution in [0.2, 0.25) is 0 Å². The maximum absolute atomic E-state index is 12.8. The quantitative estimate of drug-likeness (QED) is 0.0262. The standard InChI is InChI=1S/C66H102O6/c1-4-7-10-13-16-19-22-25-28-29-30-31-32-33-34-35-36-37-39-41-44-47-50-53-56-59-65(68)71-62-63(61-70-64(67)58-55-52-49-46-43-40-27-24-21-18-15-12-9-6-3)72-66(69)60-57-54-51-48-45-42-38-26-23-20-17-14-11-8-5-2/h7-8,10-11,16-17,19-20,24-28,30-31,33-34,36-38,41,44-45,48,54,57,63H,4-6,9,12-15,18,21-23,29,32,35,39-40,42-43,46-47,49-53,55-56,58-62H2,1-3H3/b10-7-,11-8-,19-16-,20-17-,27-24-,28-25-,31-30-,34-33-,37-36-,38-26-,44-41-,48-45-,57-54-. The van der Waals surface area contributed by atoms with Crippen LogP contribution in [-0.4, -0.2) is 37.2 Å². The van der Waals surface area contributed by atoms with Gasteiger partial charge in [-0.25, -0.2) is 0 Å². The second-order valence-electron chi connectivity index (χ2n) is 18.1. The van der Waals surface area contributed by atoms with Gasteiger partial charge in [-0.05, 0) is 128 Å². The number of esters is 3. The Labute approximate surface area is 441 Å². The van der Waals surface area contributed by atoms with Gasteiger partial charge in [-0.2, -0.15) is 0 Å². The highest BCUT2D eigenvalue weighted by Gasteiger charge is 2.19. The number of hydrogen-bond donors (Lipinski definition) is 0. The summed E-state index contributed by atoms with van der Waals surface area (Å²) in [5.74, 6) is -1.12. The topological polar surface area (TPSA) is 78.9 Å². The van der Waals surface area contributed by atoms with E-state index in [1.807, 2.05) is 6.08 Å².